The van der Waals surface area contributed by atoms with Gasteiger partial charge in [-0.15, -0.1) is 0 Å². The van der Waals surface area contributed by atoms with Gasteiger partial charge in [-0.2, -0.15) is 0 Å². The molecule has 0 saturated heterocycles. The predicted octanol–water partition coefficient (Wildman–Crippen LogP) is 1.80. The van der Waals surface area contributed by atoms with Crippen LogP contribution < -0.4 is 0 Å². The fraction of sp³-hybridized carbons (Fsp3) is 0.900. The summed E-state index contributed by atoms with van der Waals surface area (Å²) in [6.07, 6.45) is 2.21. The molecule has 0 aromatic heterocycles. The van der Waals surface area contributed by atoms with E-state index in [1.165, 1.54) is 0 Å². The summed E-state index contributed by atoms with van der Waals surface area (Å²) in [5.41, 5.74) is -0.138. The molecule has 0 spiro atoms. The fourth-order valence-corrected chi connectivity index (χ4v) is 0.812. The number of carbonyl (C=O) groups excluding carboxylic acids is 1. The number of aldehydes is 1. The van der Waals surface area contributed by atoms with E-state index < -0.39 is 0 Å². The molecule has 0 heterocycles. The largest absolute Gasteiger partial charge is 0.379 e. The third kappa shape index (κ3) is 6.72. The minimum Gasteiger partial charge on any atom is -0.379 e. The Morgan fingerprint density at radius 3 is 2.54 bits per heavy atom. The number of ether oxygens (including phenoxy) is 2. The Bertz CT molecular complexity index is 143. The second-order valence-corrected chi connectivity index (χ2v) is 3.80. The molecule has 0 aromatic carbocycles. The molecule has 0 aliphatic rings. The SMILES string of the molecule is COC(C)(C)CCOC(C)CC=O. The molecule has 0 aromatic rings. The normalized spacial score (nSPS) is 14.2. The first-order chi connectivity index (χ1) is 6.02. The van der Waals surface area contributed by atoms with Crippen LogP contribution in [0, 0.1) is 0 Å². The van der Waals surface area contributed by atoms with Crippen molar-refractivity contribution in [1.29, 1.82) is 0 Å². The van der Waals surface area contributed by atoms with Crippen LogP contribution in [0.1, 0.15) is 33.6 Å². The molecule has 0 saturated carbocycles. The summed E-state index contributed by atoms with van der Waals surface area (Å²) in [5.74, 6) is 0. The molecule has 0 fully saturated rings. The van der Waals surface area contributed by atoms with Crippen LogP contribution in [-0.2, 0) is 14.3 Å². The molecular weight excluding hydrogens is 168 g/mol. The van der Waals surface area contributed by atoms with Crippen LogP contribution >= 0.6 is 0 Å². The monoisotopic (exact) mass is 188 g/mol. The first-order valence-corrected chi connectivity index (χ1v) is 4.62. The van der Waals surface area contributed by atoms with Gasteiger partial charge >= 0.3 is 0 Å². The van der Waals surface area contributed by atoms with E-state index >= 15 is 0 Å². The van der Waals surface area contributed by atoms with E-state index in [0.717, 1.165) is 12.7 Å². The minimum absolute atomic E-state index is 0.0187. The van der Waals surface area contributed by atoms with E-state index in [2.05, 4.69) is 0 Å². The first-order valence-electron chi connectivity index (χ1n) is 4.62. The zero-order chi connectivity index (χ0) is 10.3. The van der Waals surface area contributed by atoms with Gasteiger partial charge in [0.15, 0.2) is 0 Å². The van der Waals surface area contributed by atoms with E-state index in [4.69, 9.17) is 9.47 Å². The van der Waals surface area contributed by atoms with Gasteiger partial charge in [-0.25, -0.2) is 0 Å². The molecule has 1 unspecified atom stereocenters. The maximum atomic E-state index is 10.1. The predicted molar refractivity (Wildman–Crippen MR) is 51.8 cm³/mol. The number of carbonyl (C=O) groups is 1. The molecule has 1 atom stereocenters. The number of hydrogen-bond acceptors (Lipinski definition) is 3. The zero-order valence-corrected chi connectivity index (χ0v) is 9.00. The summed E-state index contributed by atoms with van der Waals surface area (Å²) in [6, 6.07) is 0. The van der Waals surface area contributed by atoms with Gasteiger partial charge in [0.05, 0.1) is 11.7 Å². The van der Waals surface area contributed by atoms with Crippen molar-refractivity contribution in [3.05, 3.63) is 0 Å². The number of rotatable bonds is 7. The molecule has 13 heavy (non-hydrogen) atoms. The van der Waals surface area contributed by atoms with Gasteiger partial charge in [0.25, 0.3) is 0 Å². The Morgan fingerprint density at radius 1 is 1.46 bits per heavy atom. The van der Waals surface area contributed by atoms with Crippen LogP contribution in [0.2, 0.25) is 0 Å². The van der Waals surface area contributed by atoms with Gasteiger partial charge in [-0.3, -0.25) is 0 Å². The van der Waals surface area contributed by atoms with E-state index in [0.29, 0.717) is 13.0 Å². The van der Waals surface area contributed by atoms with Crippen molar-refractivity contribution in [3.8, 4) is 0 Å². The molecule has 0 N–H and O–H groups in total. The topological polar surface area (TPSA) is 35.5 Å². The molecule has 78 valence electrons. The Labute approximate surface area is 80.4 Å². The summed E-state index contributed by atoms with van der Waals surface area (Å²) < 4.78 is 10.6. The van der Waals surface area contributed by atoms with E-state index in [-0.39, 0.29) is 11.7 Å². The zero-order valence-electron chi connectivity index (χ0n) is 9.00. The Morgan fingerprint density at radius 2 is 2.08 bits per heavy atom. The average molecular weight is 188 g/mol. The lowest BCUT2D eigenvalue weighted by atomic mass is 10.1. The summed E-state index contributed by atoms with van der Waals surface area (Å²) in [6.45, 7) is 6.56. The van der Waals surface area contributed by atoms with Gasteiger partial charge in [0, 0.05) is 20.1 Å². The Balaban J connectivity index is 3.49. The molecule has 0 aliphatic carbocycles. The van der Waals surface area contributed by atoms with Crippen molar-refractivity contribution in [2.75, 3.05) is 13.7 Å². The maximum Gasteiger partial charge on any atom is 0.122 e. The highest BCUT2D eigenvalue weighted by molar-refractivity contribution is 5.49. The highest BCUT2D eigenvalue weighted by atomic mass is 16.5. The number of hydrogen-bond donors (Lipinski definition) is 0. The lowest BCUT2D eigenvalue weighted by Crippen LogP contribution is -2.25. The maximum absolute atomic E-state index is 10.1. The number of methoxy groups -OCH3 is 1. The van der Waals surface area contributed by atoms with E-state index in [1.54, 1.807) is 7.11 Å². The van der Waals surface area contributed by atoms with Crippen LogP contribution in [0.25, 0.3) is 0 Å². The van der Waals surface area contributed by atoms with E-state index in [9.17, 15) is 4.79 Å². The third-order valence-corrected chi connectivity index (χ3v) is 2.09. The lowest BCUT2D eigenvalue weighted by molar-refractivity contribution is -0.110. The minimum atomic E-state index is -0.138. The Kier molecular flexibility index (Phi) is 5.91. The lowest BCUT2D eigenvalue weighted by Gasteiger charge is -2.23. The van der Waals surface area contributed by atoms with Crippen LogP contribution in [-0.4, -0.2) is 31.7 Å². The van der Waals surface area contributed by atoms with Crippen molar-refractivity contribution >= 4 is 6.29 Å². The summed E-state index contributed by atoms with van der Waals surface area (Å²) in [4.78, 5) is 10.1. The van der Waals surface area contributed by atoms with Crippen molar-refractivity contribution < 1.29 is 14.3 Å². The standard InChI is InChI=1S/C10H20O3/c1-9(5-7-11)13-8-6-10(2,3)12-4/h7,9H,5-6,8H2,1-4H3. The molecular formula is C10H20O3. The van der Waals surface area contributed by atoms with Crippen molar-refractivity contribution in [1.82, 2.24) is 0 Å². The molecule has 0 radical (unpaired) electrons. The molecule has 3 nitrogen and oxygen atoms in total. The van der Waals surface area contributed by atoms with Crippen molar-refractivity contribution in [2.45, 2.75) is 45.3 Å². The first kappa shape index (κ1) is 12.6. The fourth-order valence-electron chi connectivity index (χ4n) is 0.812. The van der Waals surface area contributed by atoms with Crippen molar-refractivity contribution in [2.24, 2.45) is 0 Å². The second kappa shape index (κ2) is 6.11. The smallest absolute Gasteiger partial charge is 0.122 e. The highest BCUT2D eigenvalue weighted by Crippen LogP contribution is 2.13. The van der Waals surface area contributed by atoms with Crippen LogP contribution in [0.15, 0.2) is 0 Å². The van der Waals surface area contributed by atoms with Crippen LogP contribution in [0.4, 0.5) is 0 Å². The summed E-state index contributed by atoms with van der Waals surface area (Å²) >= 11 is 0. The van der Waals surface area contributed by atoms with Gasteiger partial charge < -0.3 is 14.3 Å². The van der Waals surface area contributed by atoms with Gasteiger partial charge in [0.1, 0.15) is 6.29 Å². The van der Waals surface area contributed by atoms with Gasteiger partial charge in [-0.05, 0) is 27.2 Å². The highest BCUT2D eigenvalue weighted by Gasteiger charge is 2.16. The summed E-state index contributed by atoms with van der Waals surface area (Å²) in [5, 5.41) is 0. The van der Waals surface area contributed by atoms with Gasteiger partial charge in [0.2, 0.25) is 0 Å². The van der Waals surface area contributed by atoms with Gasteiger partial charge in [-0.1, -0.05) is 0 Å². The van der Waals surface area contributed by atoms with Crippen LogP contribution in [0.5, 0.6) is 0 Å². The molecule has 0 aliphatic heterocycles. The third-order valence-electron chi connectivity index (χ3n) is 2.09. The van der Waals surface area contributed by atoms with Crippen LogP contribution in [0.3, 0.4) is 0 Å². The second-order valence-electron chi connectivity index (χ2n) is 3.80. The van der Waals surface area contributed by atoms with E-state index in [1.807, 2.05) is 20.8 Å². The Hall–Kier alpha value is -0.410. The van der Waals surface area contributed by atoms with Crippen molar-refractivity contribution in [3.63, 3.8) is 0 Å². The average Bonchev–Trinajstić information content (AvgIpc) is 2.05. The molecule has 0 bridgehead atoms. The molecule has 3 heteroatoms. The summed E-state index contributed by atoms with van der Waals surface area (Å²) in [7, 11) is 1.69. The molecule has 0 rings (SSSR count). The molecule has 0 amide bonds. The quantitative estimate of drug-likeness (QED) is 0.571.